The fraction of sp³-hybridized carbons (Fsp3) is 0.357. The molecule has 0 spiro atoms. The summed E-state index contributed by atoms with van der Waals surface area (Å²) in [5.74, 6) is -0.742. The Morgan fingerprint density at radius 2 is 1.59 bits per heavy atom. The Labute approximate surface area is 105 Å². The third-order valence-electron chi connectivity index (χ3n) is 1.47. The Bertz CT molecular complexity index is 268. The predicted molar refractivity (Wildman–Crippen MR) is 73.7 cm³/mol. The van der Waals surface area contributed by atoms with Crippen LogP contribution in [-0.2, 0) is 11.2 Å². The molecular weight excluding hydrogens is 214 g/mol. The zero-order chi connectivity index (χ0) is 14.1. The van der Waals surface area contributed by atoms with E-state index in [1.54, 1.807) is 0 Å². The molecule has 0 aliphatic rings. The van der Waals surface area contributed by atoms with Crippen molar-refractivity contribution in [3.63, 3.8) is 0 Å². The lowest BCUT2D eigenvalue weighted by Crippen LogP contribution is -1.96. The van der Waals surface area contributed by atoms with Gasteiger partial charge in [0.25, 0.3) is 0 Å². The van der Waals surface area contributed by atoms with Crippen LogP contribution in [0.4, 0.5) is 0 Å². The zero-order valence-electron chi connectivity index (χ0n) is 10.9. The molecule has 1 aromatic carbocycles. The molecule has 0 aliphatic heterocycles. The first-order chi connectivity index (χ1) is 8.29. The summed E-state index contributed by atoms with van der Waals surface area (Å²) in [6, 6.07) is 9.62. The van der Waals surface area contributed by atoms with Gasteiger partial charge in [0, 0.05) is 6.42 Å². The lowest BCUT2D eigenvalue weighted by molar-refractivity contribution is -0.136. The zero-order valence-corrected chi connectivity index (χ0v) is 10.9. The number of terminal acetylenes is 1. The fourth-order valence-electron chi connectivity index (χ4n) is 0.896. The number of hydrogen-bond donors (Lipinski definition) is 2. The van der Waals surface area contributed by atoms with E-state index in [-0.39, 0.29) is 6.42 Å². The van der Waals surface area contributed by atoms with Crippen LogP contribution in [-0.4, -0.2) is 18.1 Å². The molecular formula is C14H23NO2. The van der Waals surface area contributed by atoms with Crippen LogP contribution in [0.3, 0.4) is 0 Å². The van der Waals surface area contributed by atoms with E-state index < -0.39 is 5.97 Å². The van der Waals surface area contributed by atoms with E-state index in [4.69, 9.17) is 5.11 Å². The van der Waals surface area contributed by atoms with Crippen LogP contribution < -0.4 is 5.73 Å². The summed E-state index contributed by atoms with van der Waals surface area (Å²) in [5, 5.41) is 8.37. The number of rotatable bonds is 3. The lowest BCUT2D eigenvalue weighted by atomic mass is 10.1. The van der Waals surface area contributed by atoms with E-state index in [1.807, 2.05) is 44.2 Å². The third kappa shape index (κ3) is 16.9. The van der Waals surface area contributed by atoms with Crippen molar-refractivity contribution in [2.75, 3.05) is 7.05 Å². The van der Waals surface area contributed by atoms with Crippen molar-refractivity contribution in [1.29, 1.82) is 0 Å². The van der Waals surface area contributed by atoms with Crippen LogP contribution in [0.5, 0.6) is 0 Å². The van der Waals surface area contributed by atoms with E-state index in [1.165, 1.54) is 7.05 Å². The summed E-state index contributed by atoms with van der Waals surface area (Å²) < 4.78 is 0. The van der Waals surface area contributed by atoms with Gasteiger partial charge in [-0.2, -0.15) is 0 Å². The molecule has 0 saturated heterocycles. The number of hydrogen-bond acceptors (Lipinski definition) is 2. The number of benzene rings is 1. The second-order valence-corrected chi connectivity index (χ2v) is 2.38. The molecule has 3 N–H and O–H groups in total. The second kappa shape index (κ2) is 19.7. The maximum atomic E-state index is 10.2. The summed E-state index contributed by atoms with van der Waals surface area (Å²) in [6.45, 7) is 4.00. The topological polar surface area (TPSA) is 63.3 Å². The Kier molecular flexibility index (Phi) is 23.9. The van der Waals surface area contributed by atoms with E-state index in [9.17, 15) is 4.79 Å². The summed E-state index contributed by atoms with van der Waals surface area (Å²) >= 11 is 0. The van der Waals surface area contributed by atoms with Gasteiger partial charge in [0.2, 0.25) is 0 Å². The van der Waals surface area contributed by atoms with Gasteiger partial charge < -0.3 is 10.8 Å². The van der Waals surface area contributed by atoms with Gasteiger partial charge in [-0.05, 0) is 19.0 Å². The van der Waals surface area contributed by atoms with Crippen LogP contribution in [0.15, 0.2) is 30.3 Å². The highest BCUT2D eigenvalue weighted by molar-refractivity contribution is 5.67. The second-order valence-electron chi connectivity index (χ2n) is 2.38. The van der Waals surface area contributed by atoms with Crippen molar-refractivity contribution < 1.29 is 9.90 Å². The van der Waals surface area contributed by atoms with Crippen LogP contribution >= 0.6 is 0 Å². The molecule has 0 fully saturated rings. The largest absolute Gasteiger partial charge is 0.481 e. The van der Waals surface area contributed by atoms with Gasteiger partial charge in [-0.15, -0.1) is 12.8 Å². The average Bonchev–Trinajstić information content (AvgIpc) is 2.44. The molecule has 0 radical (unpaired) electrons. The molecule has 1 rings (SSSR count). The molecule has 3 heteroatoms. The maximum absolute atomic E-state index is 10.2. The SMILES string of the molecule is C#C.CC.CN.O=C(O)CCc1ccccc1. The van der Waals surface area contributed by atoms with Crippen molar-refractivity contribution in [2.24, 2.45) is 5.73 Å². The predicted octanol–water partition coefficient (Wildman–Crippen LogP) is 2.55. The van der Waals surface area contributed by atoms with Crippen LogP contribution in [0, 0.1) is 12.8 Å². The number of carbonyl (C=O) groups is 1. The summed E-state index contributed by atoms with van der Waals surface area (Å²) in [5.41, 5.74) is 5.58. The molecule has 0 atom stereocenters. The molecule has 0 aliphatic carbocycles. The molecule has 0 saturated carbocycles. The molecule has 0 aromatic heterocycles. The van der Waals surface area contributed by atoms with Gasteiger partial charge in [-0.25, -0.2) is 0 Å². The van der Waals surface area contributed by atoms with E-state index in [2.05, 4.69) is 18.6 Å². The number of carboxylic acids is 1. The maximum Gasteiger partial charge on any atom is 0.303 e. The molecule has 3 nitrogen and oxygen atoms in total. The summed E-state index contributed by atoms with van der Waals surface area (Å²) in [7, 11) is 1.50. The summed E-state index contributed by atoms with van der Waals surface area (Å²) in [6.07, 6.45) is 8.83. The van der Waals surface area contributed by atoms with Gasteiger partial charge in [-0.1, -0.05) is 44.2 Å². The van der Waals surface area contributed by atoms with Crippen molar-refractivity contribution in [3.05, 3.63) is 35.9 Å². The monoisotopic (exact) mass is 237 g/mol. The molecule has 0 bridgehead atoms. The van der Waals surface area contributed by atoms with Crippen LogP contribution in [0.1, 0.15) is 25.8 Å². The van der Waals surface area contributed by atoms with Crippen LogP contribution in [0.2, 0.25) is 0 Å². The minimum atomic E-state index is -0.742. The molecule has 1 aromatic rings. The molecule has 17 heavy (non-hydrogen) atoms. The van der Waals surface area contributed by atoms with Crippen molar-refractivity contribution in [3.8, 4) is 12.8 Å². The standard InChI is InChI=1S/C9H10O2.C2H6.C2H2.CH5N/c10-9(11)7-6-8-4-2-1-3-5-8;3*1-2/h1-5H,6-7H2,(H,10,11);1-2H3;1-2H;2H2,1H3. The van der Waals surface area contributed by atoms with Gasteiger partial charge in [0.15, 0.2) is 0 Å². The Balaban J connectivity index is -0.000000285. The average molecular weight is 237 g/mol. The van der Waals surface area contributed by atoms with Gasteiger partial charge in [-0.3, -0.25) is 4.79 Å². The summed E-state index contributed by atoms with van der Waals surface area (Å²) in [4.78, 5) is 10.2. The first kappa shape index (κ1) is 20.6. The third-order valence-corrected chi connectivity index (χ3v) is 1.47. The number of nitrogens with two attached hydrogens (primary N) is 1. The number of aryl methyl sites for hydroxylation is 1. The molecule has 0 heterocycles. The number of aliphatic carboxylic acids is 1. The normalized spacial score (nSPS) is 6.94. The van der Waals surface area contributed by atoms with Crippen molar-refractivity contribution in [2.45, 2.75) is 26.7 Å². The van der Waals surface area contributed by atoms with E-state index >= 15 is 0 Å². The smallest absolute Gasteiger partial charge is 0.303 e. The van der Waals surface area contributed by atoms with Crippen LogP contribution in [0.25, 0.3) is 0 Å². The van der Waals surface area contributed by atoms with E-state index in [0.717, 1.165) is 5.56 Å². The first-order valence-electron chi connectivity index (χ1n) is 5.46. The Hall–Kier alpha value is -1.79. The van der Waals surface area contributed by atoms with Crippen molar-refractivity contribution >= 4 is 5.97 Å². The quantitative estimate of drug-likeness (QED) is 0.794. The minimum absolute atomic E-state index is 0.212. The molecule has 0 amide bonds. The Morgan fingerprint density at radius 3 is 1.94 bits per heavy atom. The van der Waals surface area contributed by atoms with Gasteiger partial charge in [0.05, 0.1) is 0 Å². The minimum Gasteiger partial charge on any atom is -0.481 e. The van der Waals surface area contributed by atoms with Gasteiger partial charge in [0.1, 0.15) is 0 Å². The van der Waals surface area contributed by atoms with Crippen molar-refractivity contribution in [1.82, 2.24) is 0 Å². The fourth-order valence-corrected chi connectivity index (χ4v) is 0.896. The molecule has 96 valence electrons. The molecule has 0 unspecified atom stereocenters. The first-order valence-corrected chi connectivity index (χ1v) is 5.46. The highest BCUT2D eigenvalue weighted by atomic mass is 16.4. The van der Waals surface area contributed by atoms with Gasteiger partial charge >= 0.3 is 5.97 Å². The highest BCUT2D eigenvalue weighted by Gasteiger charge is 1.96. The lowest BCUT2D eigenvalue weighted by Gasteiger charge is -1.95. The number of carboxylic acid groups (broad SMARTS) is 1. The highest BCUT2D eigenvalue weighted by Crippen LogP contribution is 2.01. The van der Waals surface area contributed by atoms with E-state index in [0.29, 0.717) is 6.42 Å². The Morgan fingerprint density at radius 1 is 1.18 bits per heavy atom.